The van der Waals surface area contributed by atoms with Crippen LogP contribution in [0.2, 0.25) is 0 Å². The van der Waals surface area contributed by atoms with Gasteiger partial charge in [-0.3, -0.25) is 0 Å². The van der Waals surface area contributed by atoms with Crippen molar-refractivity contribution in [3.8, 4) is 0 Å². The Labute approximate surface area is 96.5 Å². The molecule has 0 unspecified atom stereocenters. The third kappa shape index (κ3) is 2.13. The minimum absolute atomic E-state index is 0.357. The molecule has 3 heteroatoms. The molecule has 0 aromatic heterocycles. The monoisotopic (exact) mass is 222 g/mol. The second-order valence-corrected chi connectivity index (χ2v) is 5.11. The first-order valence-corrected chi connectivity index (χ1v) is 5.87. The fourth-order valence-electron chi connectivity index (χ4n) is 2.26. The normalized spacial score (nSPS) is 18.5. The van der Waals surface area contributed by atoms with Gasteiger partial charge < -0.3 is 11.5 Å². The minimum atomic E-state index is 0.357. The van der Waals surface area contributed by atoms with Crippen molar-refractivity contribution in [1.82, 2.24) is 0 Å². The van der Waals surface area contributed by atoms with Crippen molar-refractivity contribution < 1.29 is 0 Å². The van der Waals surface area contributed by atoms with Gasteiger partial charge >= 0.3 is 0 Å². The lowest BCUT2D eigenvalue weighted by Gasteiger charge is -2.41. The smallest absolute Gasteiger partial charge is 0.0449 e. The van der Waals surface area contributed by atoms with Crippen molar-refractivity contribution in [3.05, 3.63) is 23.8 Å². The van der Waals surface area contributed by atoms with Crippen molar-refractivity contribution in [2.75, 3.05) is 12.3 Å². The predicted octanol–water partition coefficient (Wildman–Crippen LogP) is 2.23. The summed E-state index contributed by atoms with van der Waals surface area (Å²) in [4.78, 5) is 0.874. The van der Waals surface area contributed by atoms with Gasteiger partial charge in [0.25, 0.3) is 0 Å². The fourth-order valence-corrected chi connectivity index (χ4v) is 2.50. The molecule has 2 nitrogen and oxygen atoms in total. The average molecular weight is 222 g/mol. The number of anilines is 1. The topological polar surface area (TPSA) is 52.0 Å². The lowest BCUT2D eigenvalue weighted by molar-refractivity contribution is 0.145. The molecule has 15 heavy (non-hydrogen) atoms. The molecule has 1 aromatic carbocycles. The van der Waals surface area contributed by atoms with Crippen molar-refractivity contribution in [3.63, 3.8) is 0 Å². The molecule has 1 aliphatic carbocycles. The van der Waals surface area contributed by atoms with Crippen LogP contribution in [0.5, 0.6) is 0 Å². The molecule has 0 radical (unpaired) electrons. The summed E-state index contributed by atoms with van der Waals surface area (Å²) in [5.41, 5.74) is 14.0. The highest BCUT2D eigenvalue weighted by molar-refractivity contribution is 7.80. The zero-order valence-electron chi connectivity index (χ0n) is 8.87. The molecule has 4 N–H and O–H groups in total. The number of nitrogens with two attached hydrogens (primary N) is 2. The van der Waals surface area contributed by atoms with E-state index in [0.29, 0.717) is 5.41 Å². The van der Waals surface area contributed by atoms with Crippen LogP contribution in [-0.2, 0) is 6.42 Å². The molecule has 1 aromatic rings. The Balaban J connectivity index is 2.13. The van der Waals surface area contributed by atoms with Gasteiger partial charge in [0, 0.05) is 10.6 Å². The summed E-state index contributed by atoms with van der Waals surface area (Å²) in [6.07, 6.45) is 4.91. The van der Waals surface area contributed by atoms with Crippen molar-refractivity contribution in [1.29, 1.82) is 0 Å². The molecule has 0 aliphatic heterocycles. The maximum atomic E-state index is 5.84. The number of thiol groups is 1. The third-order valence-electron chi connectivity index (χ3n) is 3.52. The summed E-state index contributed by atoms with van der Waals surface area (Å²) < 4.78 is 0. The van der Waals surface area contributed by atoms with Gasteiger partial charge in [-0.2, -0.15) is 0 Å². The van der Waals surface area contributed by atoms with E-state index >= 15 is 0 Å². The van der Waals surface area contributed by atoms with Crippen LogP contribution < -0.4 is 11.5 Å². The van der Waals surface area contributed by atoms with E-state index in [1.807, 2.05) is 6.07 Å². The SMILES string of the molecule is NCC1(Cc2ccc(N)c(S)c2)CCC1. The highest BCUT2D eigenvalue weighted by Gasteiger charge is 2.35. The number of hydrogen-bond acceptors (Lipinski definition) is 3. The second-order valence-electron chi connectivity index (χ2n) is 4.63. The number of hydrogen-bond donors (Lipinski definition) is 3. The molecule has 0 saturated heterocycles. The fraction of sp³-hybridized carbons (Fsp3) is 0.500. The predicted molar refractivity (Wildman–Crippen MR) is 67.1 cm³/mol. The average Bonchev–Trinajstić information content (AvgIpc) is 2.17. The van der Waals surface area contributed by atoms with E-state index in [1.165, 1.54) is 24.8 Å². The van der Waals surface area contributed by atoms with Crippen LogP contribution in [0.15, 0.2) is 23.1 Å². The lowest BCUT2D eigenvalue weighted by atomic mass is 9.65. The van der Waals surface area contributed by atoms with E-state index in [-0.39, 0.29) is 0 Å². The van der Waals surface area contributed by atoms with Crippen molar-refractivity contribution >= 4 is 18.3 Å². The molecular weight excluding hydrogens is 204 g/mol. The largest absolute Gasteiger partial charge is 0.398 e. The summed E-state index contributed by atoms with van der Waals surface area (Å²) in [6, 6.07) is 6.08. The van der Waals surface area contributed by atoms with Crippen LogP contribution in [0.25, 0.3) is 0 Å². The molecule has 1 saturated carbocycles. The van der Waals surface area contributed by atoms with Crippen molar-refractivity contribution in [2.24, 2.45) is 11.1 Å². The summed E-state index contributed by atoms with van der Waals surface area (Å²) in [5.74, 6) is 0. The van der Waals surface area contributed by atoms with E-state index < -0.39 is 0 Å². The molecule has 0 heterocycles. The molecular formula is C12H18N2S. The van der Waals surface area contributed by atoms with Gasteiger partial charge in [-0.05, 0) is 48.9 Å². The van der Waals surface area contributed by atoms with E-state index in [9.17, 15) is 0 Å². The molecule has 82 valence electrons. The number of benzene rings is 1. The Morgan fingerprint density at radius 2 is 2.07 bits per heavy atom. The first-order chi connectivity index (χ1) is 7.15. The van der Waals surface area contributed by atoms with Crippen LogP contribution in [0, 0.1) is 5.41 Å². The molecule has 0 spiro atoms. The van der Waals surface area contributed by atoms with Crippen LogP contribution in [0.4, 0.5) is 5.69 Å². The summed E-state index contributed by atoms with van der Waals surface area (Å²) in [6.45, 7) is 0.791. The van der Waals surface area contributed by atoms with Gasteiger partial charge in [0.1, 0.15) is 0 Å². The molecule has 0 amide bonds. The van der Waals surface area contributed by atoms with Gasteiger partial charge in [0.15, 0.2) is 0 Å². The van der Waals surface area contributed by atoms with Crippen LogP contribution >= 0.6 is 12.6 Å². The highest BCUT2D eigenvalue weighted by Crippen LogP contribution is 2.43. The quantitative estimate of drug-likeness (QED) is 0.542. The maximum Gasteiger partial charge on any atom is 0.0449 e. The second kappa shape index (κ2) is 4.06. The Bertz CT molecular complexity index is 353. The highest BCUT2D eigenvalue weighted by atomic mass is 32.1. The van der Waals surface area contributed by atoms with Gasteiger partial charge in [0.05, 0.1) is 0 Å². The summed E-state index contributed by atoms with van der Waals surface area (Å²) in [7, 11) is 0. The molecule has 0 bridgehead atoms. The Morgan fingerprint density at radius 1 is 1.33 bits per heavy atom. The van der Waals surface area contributed by atoms with Crippen molar-refractivity contribution in [2.45, 2.75) is 30.6 Å². The third-order valence-corrected chi connectivity index (χ3v) is 3.91. The molecule has 2 rings (SSSR count). The first kappa shape index (κ1) is 10.8. The van der Waals surface area contributed by atoms with Crippen LogP contribution in [0.3, 0.4) is 0 Å². The van der Waals surface area contributed by atoms with E-state index in [4.69, 9.17) is 11.5 Å². The number of nitrogen functional groups attached to an aromatic ring is 1. The van der Waals surface area contributed by atoms with E-state index in [1.54, 1.807) is 0 Å². The van der Waals surface area contributed by atoms with E-state index in [2.05, 4.69) is 24.8 Å². The standard InChI is InChI=1S/C12H18N2S/c13-8-12(4-1-5-12)7-9-2-3-10(14)11(15)6-9/h2-3,6,15H,1,4-5,7-8,13-14H2. The first-order valence-electron chi connectivity index (χ1n) is 5.43. The number of rotatable bonds is 3. The lowest BCUT2D eigenvalue weighted by Crippen LogP contribution is -2.39. The van der Waals surface area contributed by atoms with Gasteiger partial charge in [-0.1, -0.05) is 12.5 Å². The molecule has 0 atom stereocenters. The molecule has 1 aliphatic rings. The van der Waals surface area contributed by atoms with Crippen LogP contribution in [-0.4, -0.2) is 6.54 Å². The van der Waals surface area contributed by atoms with Crippen LogP contribution in [0.1, 0.15) is 24.8 Å². The minimum Gasteiger partial charge on any atom is -0.398 e. The molecule has 1 fully saturated rings. The zero-order chi connectivity index (χ0) is 10.9. The van der Waals surface area contributed by atoms with E-state index in [0.717, 1.165) is 23.5 Å². The van der Waals surface area contributed by atoms with Gasteiger partial charge in [-0.15, -0.1) is 12.6 Å². The Morgan fingerprint density at radius 3 is 2.53 bits per heavy atom. The zero-order valence-corrected chi connectivity index (χ0v) is 9.76. The van der Waals surface area contributed by atoms with Gasteiger partial charge in [-0.25, -0.2) is 0 Å². The Kier molecular flexibility index (Phi) is 2.94. The Hall–Kier alpha value is -0.670. The summed E-state index contributed by atoms with van der Waals surface area (Å²) >= 11 is 4.34. The summed E-state index contributed by atoms with van der Waals surface area (Å²) in [5, 5.41) is 0. The van der Waals surface area contributed by atoms with Gasteiger partial charge in [0.2, 0.25) is 0 Å². The maximum absolute atomic E-state index is 5.84.